The van der Waals surface area contributed by atoms with E-state index in [0.717, 1.165) is 12.8 Å². The van der Waals surface area contributed by atoms with E-state index in [1.54, 1.807) is 6.66 Å². The van der Waals surface area contributed by atoms with Crippen LogP contribution in [0.4, 0.5) is 0 Å². The van der Waals surface area contributed by atoms with E-state index in [9.17, 15) is 4.57 Å². The van der Waals surface area contributed by atoms with Gasteiger partial charge in [0.15, 0.2) is 7.37 Å². The maximum absolute atomic E-state index is 11.8. The number of unbranched alkanes of at least 4 members (excludes halogenated alkanes) is 2. The Kier molecular flexibility index (Phi) is 7.58. The molecule has 0 aliphatic rings. The average molecular weight is 220 g/mol. The molecule has 0 saturated carbocycles. The molecule has 0 fully saturated rings. The van der Waals surface area contributed by atoms with Gasteiger partial charge in [0.25, 0.3) is 0 Å². The highest BCUT2D eigenvalue weighted by molar-refractivity contribution is 7.58. The van der Waals surface area contributed by atoms with E-state index in [0.29, 0.717) is 6.16 Å². The molecule has 14 heavy (non-hydrogen) atoms. The van der Waals surface area contributed by atoms with Crippen molar-refractivity contribution in [1.82, 2.24) is 0 Å². The molecule has 86 valence electrons. The maximum atomic E-state index is 11.8. The van der Waals surface area contributed by atoms with Gasteiger partial charge in [-0.15, -0.1) is 0 Å². The van der Waals surface area contributed by atoms with Crippen LogP contribution in [0, 0.1) is 0 Å². The topological polar surface area (TPSA) is 26.3 Å². The van der Waals surface area contributed by atoms with Crippen LogP contribution in [0.25, 0.3) is 0 Å². The van der Waals surface area contributed by atoms with Gasteiger partial charge in [-0.1, -0.05) is 40.0 Å². The molecule has 2 nitrogen and oxygen atoms in total. The lowest BCUT2D eigenvalue weighted by molar-refractivity contribution is 0.188. The summed E-state index contributed by atoms with van der Waals surface area (Å²) < 4.78 is 17.4. The first-order chi connectivity index (χ1) is 6.55. The Balaban J connectivity index is 3.84. The van der Waals surface area contributed by atoms with Crippen LogP contribution in [0.3, 0.4) is 0 Å². The fourth-order valence-corrected chi connectivity index (χ4v) is 2.38. The molecule has 0 aromatic rings. The Morgan fingerprint density at radius 1 is 1.21 bits per heavy atom. The van der Waals surface area contributed by atoms with Gasteiger partial charge in [0.1, 0.15) is 0 Å². The summed E-state index contributed by atoms with van der Waals surface area (Å²) >= 11 is 0. The minimum absolute atomic E-state index is 0.206. The first-order valence-corrected chi connectivity index (χ1v) is 8.06. The molecule has 0 spiro atoms. The highest BCUT2D eigenvalue weighted by atomic mass is 31.2. The molecule has 0 aliphatic heterocycles. The van der Waals surface area contributed by atoms with Gasteiger partial charge in [0.2, 0.25) is 0 Å². The Hall–Kier alpha value is 0.190. The summed E-state index contributed by atoms with van der Waals surface area (Å²) in [6, 6.07) is 0. The first-order valence-electron chi connectivity index (χ1n) is 5.80. The van der Waals surface area contributed by atoms with Crippen LogP contribution in [-0.2, 0) is 9.09 Å². The molecule has 3 heteroatoms. The molecule has 2 unspecified atom stereocenters. The highest BCUT2D eigenvalue weighted by Crippen LogP contribution is 2.44. The van der Waals surface area contributed by atoms with Gasteiger partial charge in [0, 0.05) is 12.8 Å². The van der Waals surface area contributed by atoms with Gasteiger partial charge in [-0.05, 0) is 12.8 Å². The van der Waals surface area contributed by atoms with E-state index in [1.807, 2.05) is 6.92 Å². The minimum atomic E-state index is -2.29. The predicted octanol–water partition coefficient (Wildman–Crippen LogP) is 4.29. The Labute approximate surface area is 88.9 Å². The molecular weight excluding hydrogens is 195 g/mol. The number of hydrogen-bond donors (Lipinski definition) is 0. The Bertz CT molecular complexity index is 180. The summed E-state index contributed by atoms with van der Waals surface area (Å²) in [5.74, 6) is 0. The molecule has 0 N–H and O–H groups in total. The standard InChI is InChI=1S/C11H25O2P/c1-5-8-9-10-11(6-2)13-14(4,12)7-3/h11H,5-10H2,1-4H3. The maximum Gasteiger partial charge on any atom is 0.200 e. The van der Waals surface area contributed by atoms with Gasteiger partial charge >= 0.3 is 0 Å². The molecule has 0 amide bonds. The van der Waals surface area contributed by atoms with Crippen molar-refractivity contribution in [2.45, 2.75) is 59.0 Å². The quantitative estimate of drug-likeness (QED) is 0.450. The van der Waals surface area contributed by atoms with Crippen molar-refractivity contribution in [3.8, 4) is 0 Å². The summed E-state index contributed by atoms with van der Waals surface area (Å²) in [6.07, 6.45) is 6.56. The van der Waals surface area contributed by atoms with Crippen molar-refractivity contribution in [3.05, 3.63) is 0 Å². The molecule has 0 saturated heterocycles. The minimum Gasteiger partial charge on any atom is -0.325 e. The van der Waals surface area contributed by atoms with Crippen LogP contribution in [0.15, 0.2) is 0 Å². The van der Waals surface area contributed by atoms with Crippen molar-refractivity contribution in [1.29, 1.82) is 0 Å². The van der Waals surface area contributed by atoms with Gasteiger partial charge < -0.3 is 4.52 Å². The zero-order chi connectivity index (χ0) is 11.0. The van der Waals surface area contributed by atoms with Crippen molar-refractivity contribution in [2.75, 3.05) is 12.8 Å². The monoisotopic (exact) mass is 220 g/mol. The Morgan fingerprint density at radius 3 is 2.29 bits per heavy atom. The molecule has 0 aliphatic carbocycles. The van der Waals surface area contributed by atoms with Crippen molar-refractivity contribution in [2.24, 2.45) is 0 Å². The molecule has 0 aromatic carbocycles. The van der Waals surface area contributed by atoms with Gasteiger partial charge in [0.05, 0.1) is 6.10 Å². The SMILES string of the molecule is CCCCCC(CC)OP(C)(=O)CC. The van der Waals surface area contributed by atoms with Crippen molar-refractivity contribution >= 4 is 7.37 Å². The van der Waals surface area contributed by atoms with Gasteiger partial charge in [-0.2, -0.15) is 0 Å². The van der Waals surface area contributed by atoms with E-state index >= 15 is 0 Å². The second-order valence-electron chi connectivity index (χ2n) is 3.96. The summed E-state index contributed by atoms with van der Waals surface area (Å²) in [5, 5.41) is 0. The number of rotatable bonds is 8. The van der Waals surface area contributed by atoms with E-state index in [4.69, 9.17) is 4.52 Å². The average Bonchev–Trinajstić information content (AvgIpc) is 2.16. The van der Waals surface area contributed by atoms with Crippen LogP contribution >= 0.6 is 7.37 Å². The zero-order valence-electron chi connectivity index (χ0n) is 10.1. The van der Waals surface area contributed by atoms with E-state index in [2.05, 4.69) is 13.8 Å². The third-order valence-electron chi connectivity index (χ3n) is 2.53. The molecule has 0 aromatic heterocycles. The molecule has 0 bridgehead atoms. The molecule has 2 atom stereocenters. The second-order valence-corrected chi connectivity index (χ2v) is 6.83. The lowest BCUT2D eigenvalue weighted by Crippen LogP contribution is -2.10. The van der Waals surface area contributed by atoms with Crippen LogP contribution in [0.2, 0.25) is 0 Å². The van der Waals surface area contributed by atoms with Crippen LogP contribution in [0.1, 0.15) is 52.9 Å². The fourth-order valence-electron chi connectivity index (χ4n) is 1.34. The normalized spacial score (nSPS) is 17.7. The van der Waals surface area contributed by atoms with Crippen molar-refractivity contribution in [3.63, 3.8) is 0 Å². The summed E-state index contributed by atoms with van der Waals surface area (Å²) in [5.41, 5.74) is 0. The molecular formula is C11H25O2P. The van der Waals surface area contributed by atoms with E-state index < -0.39 is 7.37 Å². The van der Waals surface area contributed by atoms with Gasteiger partial charge in [-0.3, -0.25) is 4.57 Å². The highest BCUT2D eigenvalue weighted by Gasteiger charge is 2.18. The third kappa shape index (κ3) is 6.62. The molecule has 0 radical (unpaired) electrons. The van der Waals surface area contributed by atoms with Crippen molar-refractivity contribution < 1.29 is 9.09 Å². The van der Waals surface area contributed by atoms with E-state index in [1.165, 1.54) is 19.3 Å². The molecule has 0 heterocycles. The van der Waals surface area contributed by atoms with E-state index in [-0.39, 0.29) is 6.10 Å². The first kappa shape index (κ1) is 14.2. The second kappa shape index (κ2) is 7.48. The lowest BCUT2D eigenvalue weighted by Gasteiger charge is -2.20. The largest absolute Gasteiger partial charge is 0.325 e. The molecule has 0 rings (SSSR count). The summed E-state index contributed by atoms with van der Waals surface area (Å²) in [4.78, 5) is 0. The van der Waals surface area contributed by atoms with Gasteiger partial charge in [-0.25, -0.2) is 0 Å². The number of hydrogen-bond acceptors (Lipinski definition) is 2. The summed E-state index contributed by atoms with van der Waals surface area (Å²) in [7, 11) is -2.29. The van der Waals surface area contributed by atoms with Crippen LogP contribution in [-0.4, -0.2) is 18.9 Å². The Morgan fingerprint density at radius 2 is 1.86 bits per heavy atom. The predicted molar refractivity (Wildman–Crippen MR) is 63.4 cm³/mol. The van der Waals surface area contributed by atoms with Crippen LogP contribution < -0.4 is 0 Å². The lowest BCUT2D eigenvalue weighted by atomic mass is 10.1. The zero-order valence-corrected chi connectivity index (χ0v) is 11.0. The summed E-state index contributed by atoms with van der Waals surface area (Å²) in [6.45, 7) is 7.97. The third-order valence-corrected chi connectivity index (χ3v) is 4.42. The van der Waals surface area contributed by atoms with Crippen LogP contribution in [0.5, 0.6) is 0 Å². The fraction of sp³-hybridized carbons (Fsp3) is 1.00. The smallest absolute Gasteiger partial charge is 0.200 e.